The Hall–Kier alpha value is -4.80. The van der Waals surface area contributed by atoms with Crippen molar-refractivity contribution in [2.45, 2.75) is 37.8 Å². The monoisotopic (exact) mass is 686 g/mol. The molecule has 0 amide bonds. The number of esters is 2. The molecule has 50 heavy (non-hydrogen) atoms. The van der Waals surface area contributed by atoms with E-state index in [0.29, 0.717) is 51.2 Å². The maximum Gasteiger partial charge on any atom is 0.337 e. The number of benzene rings is 4. The fourth-order valence-electron chi connectivity index (χ4n) is 6.38. The minimum Gasteiger partial charge on any atom is -0.497 e. The largest absolute Gasteiger partial charge is 0.497 e. The highest BCUT2D eigenvalue weighted by Gasteiger charge is 2.36. The maximum atomic E-state index is 14.6. The van der Waals surface area contributed by atoms with E-state index in [1.807, 2.05) is 20.2 Å². The first-order valence-corrected chi connectivity index (χ1v) is 16.6. The molecule has 0 saturated heterocycles. The van der Waals surface area contributed by atoms with E-state index < -0.39 is 11.9 Å². The Kier molecular flexibility index (Phi) is 11.5. The number of nitrogens with two attached hydrogens (primary N) is 1. The zero-order valence-electron chi connectivity index (χ0n) is 29.3. The second-order valence-corrected chi connectivity index (χ2v) is 12.9. The van der Waals surface area contributed by atoms with Gasteiger partial charge in [-0.1, -0.05) is 12.1 Å². The molecule has 2 atom stereocenters. The van der Waals surface area contributed by atoms with Crippen LogP contribution in [-0.2, 0) is 9.47 Å². The van der Waals surface area contributed by atoms with Crippen LogP contribution in [0, 0.1) is 23.5 Å². The first kappa shape index (κ1) is 36.5. The molecule has 0 heterocycles. The van der Waals surface area contributed by atoms with Crippen molar-refractivity contribution in [1.82, 2.24) is 4.90 Å². The Balaban J connectivity index is 0.000000195. The van der Waals surface area contributed by atoms with E-state index in [-0.39, 0.29) is 23.7 Å². The van der Waals surface area contributed by atoms with Gasteiger partial charge in [0.2, 0.25) is 0 Å². The van der Waals surface area contributed by atoms with Gasteiger partial charge >= 0.3 is 11.9 Å². The van der Waals surface area contributed by atoms with E-state index in [4.69, 9.17) is 24.7 Å². The van der Waals surface area contributed by atoms with Gasteiger partial charge in [0.05, 0.1) is 39.6 Å². The molecular weight excluding hydrogens is 642 g/mol. The lowest BCUT2D eigenvalue weighted by Gasteiger charge is -2.27. The van der Waals surface area contributed by atoms with Crippen LogP contribution < -0.4 is 15.2 Å². The summed E-state index contributed by atoms with van der Waals surface area (Å²) in [5.41, 5.74) is 11.3. The van der Waals surface area contributed by atoms with Crippen LogP contribution >= 0.6 is 0 Å². The Morgan fingerprint density at radius 2 is 1.08 bits per heavy atom. The zero-order chi connectivity index (χ0) is 36.1. The number of carbonyl (C=O) groups excluding carboxylic acids is 2. The van der Waals surface area contributed by atoms with E-state index in [1.54, 1.807) is 61.7 Å². The molecule has 2 aliphatic carbocycles. The molecule has 2 saturated carbocycles. The van der Waals surface area contributed by atoms with Crippen LogP contribution in [0.4, 0.5) is 8.78 Å². The van der Waals surface area contributed by atoms with Gasteiger partial charge in [0, 0.05) is 23.2 Å². The number of halogens is 2. The van der Waals surface area contributed by atoms with E-state index >= 15 is 0 Å². The smallest absolute Gasteiger partial charge is 0.337 e. The van der Waals surface area contributed by atoms with Gasteiger partial charge < -0.3 is 29.6 Å². The number of rotatable bonds is 11. The Labute approximate surface area is 292 Å². The molecular formula is C40H44F2N2O6. The highest BCUT2D eigenvalue weighted by molar-refractivity contribution is 5.91. The van der Waals surface area contributed by atoms with Crippen molar-refractivity contribution in [3.8, 4) is 33.8 Å². The van der Waals surface area contributed by atoms with Crippen LogP contribution in [0.1, 0.15) is 69.6 Å². The summed E-state index contributed by atoms with van der Waals surface area (Å²) in [6, 6.07) is 19.6. The lowest BCUT2D eigenvalue weighted by molar-refractivity contribution is 0.0591. The lowest BCUT2D eigenvalue weighted by Crippen LogP contribution is -2.23. The number of hydrogen-bond donors (Lipinski definition) is 1. The summed E-state index contributed by atoms with van der Waals surface area (Å²) < 4.78 is 49.1. The standard InChI is InChI=1S/C21H24FNO3.C19H20FNO3/c1-23(2)20(13-5-6-13)18-11-14(21(24)26-4)7-9-16(18)17-12-15(25-3)8-10-19(17)22;1-23-13-6-8-17(20)15(10-13)14-7-5-12(19(22)24-2)9-16(14)18(21)11-3-4-11/h7-13,20H,5-6H2,1-4H3;5-11,18H,3-4,21H2,1-2H3. The lowest BCUT2D eigenvalue weighted by atomic mass is 9.90. The van der Waals surface area contributed by atoms with Crippen LogP contribution in [-0.4, -0.2) is 59.4 Å². The predicted molar refractivity (Wildman–Crippen MR) is 188 cm³/mol. The number of methoxy groups -OCH3 is 4. The van der Waals surface area contributed by atoms with E-state index in [9.17, 15) is 18.4 Å². The molecule has 4 aromatic rings. The second-order valence-electron chi connectivity index (χ2n) is 12.9. The topological polar surface area (TPSA) is 100 Å². The van der Waals surface area contributed by atoms with Crippen molar-refractivity contribution >= 4 is 11.9 Å². The Bertz CT molecular complexity index is 1850. The molecule has 2 fully saturated rings. The average Bonchev–Trinajstić information content (AvgIpc) is 4.07. The molecule has 0 radical (unpaired) electrons. The fraction of sp³-hybridized carbons (Fsp3) is 0.350. The summed E-state index contributed by atoms with van der Waals surface area (Å²) in [7, 11) is 9.82. The molecule has 0 aromatic heterocycles. The van der Waals surface area contributed by atoms with Crippen molar-refractivity contribution in [2.75, 3.05) is 42.5 Å². The Morgan fingerprint density at radius 1 is 0.640 bits per heavy atom. The number of carbonyl (C=O) groups is 2. The minimum absolute atomic E-state index is 0.111. The summed E-state index contributed by atoms with van der Waals surface area (Å²) in [5, 5.41) is 0. The summed E-state index contributed by atoms with van der Waals surface area (Å²) >= 11 is 0. The third-order valence-corrected chi connectivity index (χ3v) is 9.31. The van der Waals surface area contributed by atoms with Crippen molar-refractivity contribution < 1.29 is 37.3 Å². The summed E-state index contributed by atoms with van der Waals surface area (Å²) in [6.45, 7) is 0. The highest BCUT2D eigenvalue weighted by Crippen LogP contribution is 2.47. The molecule has 4 aromatic carbocycles. The Morgan fingerprint density at radius 3 is 1.48 bits per heavy atom. The third-order valence-electron chi connectivity index (χ3n) is 9.31. The van der Waals surface area contributed by atoms with Crippen molar-refractivity contribution in [3.05, 3.63) is 107 Å². The van der Waals surface area contributed by atoms with Gasteiger partial charge in [-0.05, 0) is 135 Å². The predicted octanol–water partition coefficient (Wildman–Crippen LogP) is 8.00. The van der Waals surface area contributed by atoms with Crippen LogP contribution in [0.25, 0.3) is 22.3 Å². The third kappa shape index (κ3) is 8.14. The number of hydrogen-bond acceptors (Lipinski definition) is 8. The first-order chi connectivity index (χ1) is 24.0. The van der Waals surface area contributed by atoms with E-state index in [2.05, 4.69) is 4.90 Å². The molecule has 2 aliphatic rings. The molecule has 0 aliphatic heterocycles. The zero-order valence-corrected chi connectivity index (χ0v) is 29.3. The molecule has 10 heteroatoms. The number of nitrogens with zero attached hydrogens (tertiary/aromatic N) is 1. The van der Waals surface area contributed by atoms with Crippen LogP contribution in [0.2, 0.25) is 0 Å². The van der Waals surface area contributed by atoms with Gasteiger partial charge in [0.25, 0.3) is 0 Å². The van der Waals surface area contributed by atoms with Crippen LogP contribution in [0.3, 0.4) is 0 Å². The second kappa shape index (κ2) is 15.8. The summed E-state index contributed by atoms with van der Waals surface area (Å²) in [6.07, 6.45) is 4.35. The van der Waals surface area contributed by atoms with Gasteiger partial charge in [-0.3, -0.25) is 0 Å². The van der Waals surface area contributed by atoms with Gasteiger partial charge in [-0.25, -0.2) is 18.4 Å². The summed E-state index contributed by atoms with van der Waals surface area (Å²) in [5.74, 6) is 0.536. The first-order valence-electron chi connectivity index (χ1n) is 16.6. The van der Waals surface area contributed by atoms with E-state index in [0.717, 1.165) is 42.4 Å². The van der Waals surface area contributed by atoms with Gasteiger partial charge in [-0.15, -0.1) is 0 Å². The summed E-state index contributed by atoms with van der Waals surface area (Å²) in [4.78, 5) is 26.0. The van der Waals surface area contributed by atoms with Gasteiger partial charge in [-0.2, -0.15) is 0 Å². The molecule has 0 spiro atoms. The SMILES string of the molecule is COC(=O)c1ccc(-c2cc(OC)ccc2F)c(C(C2CC2)N(C)C)c1.COC(=O)c1ccc(-c2cc(OC)ccc2F)c(C(N)C2CC2)c1. The number of ether oxygens (including phenoxy) is 4. The molecule has 6 rings (SSSR count). The molecule has 0 bridgehead atoms. The normalized spacial score (nSPS) is 15.0. The van der Waals surface area contributed by atoms with Crippen molar-refractivity contribution in [2.24, 2.45) is 17.6 Å². The highest BCUT2D eigenvalue weighted by atomic mass is 19.1. The quantitative estimate of drug-likeness (QED) is 0.159. The average molecular weight is 687 g/mol. The van der Waals surface area contributed by atoms with Crippen molar-refractivity contribution in [1.29, 1.82) is 0 Å². The van der Waals surface area contributed by atoms with Crippen LogP contribution in [0.5, 0.6) is 11.5 Å². The van der Waals surface area contributed by atoms with E-state index in [1.165, 1.54) is 33.5 Å². The minimum atomic E-state index is -0.433. The fourth-order valence-corrected chi connectivity index (χ4v) is 6.38. The molecule has 264 valence electrons. The molecule has 8 nitrogen and oxygen atoms in total. The van der Waals surface area contributed by atoms with Gasteiger partial charge in [0.15, 0.2) is 0 Å². The molecule has 2 N–H and O–H groups in total. The van der Waals surface area contributed by atoms with Gasteiger partial charge in [0.1, 0.15) is 23.1 Å². The van der Waals surface area contributed by atoms with Crippen molar-refractivity contribution in [3.63, 3.8) is 0 Å². The molecule has 2 unspecified atom stereocenters. The maximum absolute atomic E-state index is 14.6. The van der Waals surface area contributed by atoms with Crippen LogP contribution in [0.15, 0.2) is 72.8 Å².